The topological polar surface area (TPSA) is 26.0 Å². The van der Waals surface area contributed by atoms with Crippen molar-refractivity contribution >= 4 is 15.9 Å². The summed E-state index contributed by atoms with van der Waals surface area (Å²) in [7, 11) is 0. The van der Waals surface area contributed by atoms with Crippen LogP contribution in [0.25, 0.3) is 0 Å². The lowest BCUT2D eigenvalue weighted by atomic mass is 9.95. The van der Waals surface area contributed by atoms with Crippen LogP contribution in [0.15, 0.2) is 22.7 Å². The molecule has 0 spiro atoms. The second-order valence-electron chi connectivity index (χ2n) is 4.58. The molecular formula is C13H20BrN. The Morgan fingerprint density at radius 1 is 1.27 bits per heavy atom. The molecule has 0 aliphatic heterocycles. The Balaban J connectivity index is 2.72. The molecule has 0 aromatic heterocycles. The fourth-order valence-electron chi connectivity index (χ4n) is 1.68. The van der Waals surface area contributed by atoms with Crippen LogP contribution in [0.4, 0.5) is 0 Å². The van der Waals surface area contributed by atoms with E-state index in [0.29, 0.717) is 0 Å². The number of hydrogen-bond donors (Lipinski definition) is 1. The molecule has 0 saturated heterocycles. The van der Waals surface area contributed by atoms with Crippen LogP contribution in [0.1, 0.15) is 43.9 Å². The Kier molecular flexibility index (Phi) is 4.81. The molecule has 84 valence electrons. The molecule has 2 N–H and O–H groups in total. The monoisotopic (exact) mass is 269 g/mol. The molecule has 0 unspecified atom stereocenters. The van der Waals surface area contributed by atoms with E-state index in [0.717, 1.165) is 16.8 Å². The normalized spacial score (nSPS) is 13.2. The van der Waals surface area contributed by atoms with E-state index < -0.39 is 0 Å². The Labute approximate surface area is 101 Å². The molecule has 0 fully saturated rings. The zero-order valence-corrected chi connectivity index (χ0v) is 11.3. The first-order chi connectivity index (χ1) is 7.00. The second kappa shape index (κ2) is 5.66. The van der Waals surface area contributed by atoms with Crippen molar-refractivity contribution in [1.29, 1.82) is 0 Å². The first kappa shape index (κ1) is 12.7. The smallest absolute Gasteiger partial charge is 0.0297 e. The van der Waals surface area contributed by atoms with E-state index in [1.807, 2.05) is 0 Å². The summed E-state index contributed by atoms with van der Waals surface area (Å²) >= 11 is 3.49. The third-order valence-electron chi connectivity index (χ3n) is 2.70. The predicted octanol–water partition coefficient (Wildman–Crippen LogP) is 4.19. The minimum absolute atomic E-state index is 0.171. The summed E-state index contributed by atoms with van der Waals surface area (Å²) in [6.07, 6.45) is 2.25. The maximum atomic E-state index is 6.19. The molecule has 0 radical (unpaired) electrons. The number of halogens is 1. The van der Waals surface area contributed by atoms with Crippen LogP contribution in [0.3, 0.4) is 0 Å². The highest BCUT2D eigenvalue weighted by Crippen LogP contribution is 2.24. The molecule has 2 heteroatoms. The lowest BCUT2D eigenvalue weighted by molar-refractivity contribution is 0.506. The van der Waals surface area contributed by atoms with Crippen LogP contribution in [0.5, 0.6) is 0 Å². The third-order valence-corrected chi connectivity index (χ3v) is 3.19. The Morgan fingerprint density at radius 3 is 2.53 bits per heavy atom. The summed E-state index contributed by atoms with van der Waals surface area (Å²) in [4.78, 5) is 0. The second-order valence-corrected chi connectivity index (χ2v) is 5.49. The molecule has 0 saturated carbocycles. The van der Waals surface area contributed by atoms with Gasteiger partial charge in [-0.1, -0.05) is 35.8 Å². The lowest BCUT2D eigenvalue weighted by Crippen LogP contribution is -2.12. The molecule has 1 aromatic carbocycles. The largest absolute Gasteiger partial charge is 0.324 e. The van der Waals surface area contributed by atoms with Crippen LogP contribution < -0.4 is 5.73 Å². The molecule has 0 aliphatic carbocycles. The molecule has 15 heavy (non-hydrogen) atoms. The molecule has 1 rings (SSSR count). The van der Waals surface area contributed by atoms with Crippen molar-refractivity contribution in [3.05, 3.63) is 33.8 Å². The SMILES string of the molecule is Cc1ccc(Br)cc1[C@H](N)CCC(C)C. The van der Waals surface area contributed by atoms with Gasteiger partial charge < -0.3 is 5.73 Å². The number of benzene rings is 1. The summed E-state index contributed by atoms with van der Waals surface area (Å²) in [6.45, 7) is 6.60. The van der Waals surface area contributed by atoms with Gasteiger partial charge in [0.05, 0.1) is 0 Å². The van der Waals surface area contributed by atoms with Crippen LogP contribution >= 0.6 is 15.9 Å². The van der Waals surface area contributed by atoms with Crippen molar-refractivity contribution in [3.63, 3.8) is 0 Å². The van der Waals surface area contributed by atoms with Crippen LogP contribution in [0, 0.1) is 12.8 Å². The summed E-state index contributed by atoms with van der Waals surface area (Å²) in [5.41, 5.74) is 8.75. The molecule has 1 aromatic rings. The van der Waals surface area contributed by atoms with Gasteiger partial charge in [0, 0.05) is 10.5 Å². The highest BCUT2D eigenvalue weighted by Gasteiger charge is 2.09. The number of rotatable bonds is 4. The van der Waals surface area contributed by atoms with E-state index in [9.17, 15) is 0 Å². The zero-order valence-electron chi connectivity index (χ0n) is 9.76. The fraction of sp³-hybridized carbons (Fsp3) is 0.538. The van der Waals surface area contributed by atoms with E-state index in [1.54, 1.807) is 0 Å². The summed E-state index contributed by atoms with van der Waals surface area (Å²) < 4.78 is 1.11. The molecular weight excluding hydrogens is 250 g/mol. The number of nitrogens with two attached hydrogens (primary N) is 1. The Morgan fingerprint density at radius 2 is 1.93 bits per heavy atom. The van der Waals surface area contributed by atoms with Crippen molar-refractivity contribution in [1.82, 2.24) is 0 Å². The molecule has 1 nitrogen and oxygen atoms in total. The molecule has 0 aliphatic rings. The minimum atomic E-state index is 0.171. The maximum absolute atomic E-state index is 6.19. The first-order valence-electron chi connectivity index (χ1n) is 5.52. The van der Waals surface area contributed by atoms with Gasteiger partial charge in [-0.25, -0.2) is 0 Å². The van der Waals surface area contributed by atoms with Crippen LogP contribution in [-0.2, 0) is 0 Å². The van der Waals surface area contributed by atoms with Gasteiger partial charge >= 0.3 is 0 Å². The maximum Gasteiger partial charge on any atom is 0.0297 e. The highest BCUT2D eigenvalue weighted by atomic mass is 79.9. The lowest BCUT2D eigenvalue weighted by Gasteiger charge is -2.16. The van der Waals surface area contributed by atoms with Crippen LogP contribution in [0.2, 0.25) is 0 Å². The quantitative estimate of drug-likeness (QED) is 0.872. The zero-order chi connectivity index (χ0) is 11.4. The van der Waals surface area contributed by atoms with E-state index >= 15 is 0 Å². The Bertz CT molecular complexity index is 320. The van der Waals surface area contributed by atoms with Crippen molar-refractivity contribution in [3.8, 4) is 0 Å². The van der Waals surface area contributed by atoms with Crippen molar-refractivity contribution in [2.45, 2.75) is 39.7 Å². The minimum Gasteiger partial charge on any atom is -0.324 e. The van der Waals surface area contributed by atoms with Gasteiger partial charge in [-0.05, 0) is 48.9 Å². The van der Waals surface area contributed by atoms with Gasteiger partial charge in [-0.15, -0.1) is 0 Å². The van der Waals surface area contributed by atoms with E-state index in [1.165, 1.54) is 17.5 Å². The predicted molar refractivity (Wildman–Crippen MR) is 69.9 cm³/mol. The Hall–Kier alpha value is -0.340. The molecule has 0 bridgehead atoms. The van der Waals surface area contributed by atoms with E-state index in [4.69, 9.17) is 5.73 Å². The molecule has 1 atom stereocenters. The van der Waals surface area contributed by atoms with Gasteiger partial charge in [0.25, 0.3) is 0 Å². The summed E-state index contributed by atoms with van der Waals surface area (Å²) in [6, 6.07) is 6.49. The average molecular weight is 270 g/mol. The average Bonchev–Trinajstić information content (AvgIpc) is 2.18. The van der Waals surface area contributed by atoms with E-state index in [-0.39, 0.29) is 6.04 Å². The van der Waals surface area contributed by atoms with Gasteiger partial charge in [-0.2, -0.15) is 0 Å². The number of hydrogen-bond acceptors (Lipinski definition) is 1. The summed E-state index contributed by atoms with van der Waals surface area (Å²) in [5, 5.41) is 0. The van der Waals surface area contributed by atoms with E-state index in [2.05, 4.69) is 54.9 Å². The van der Waals surface area contributed by atoms with Crippen LogP contribution in [-0.4, -0.2) is 0 Å². The standard InChI is InChI=1S/C13H20BrN/c1-9(2)4-7-13(15)12-8-11(14)6-5-10(12)3/h5-6,8-9,13H,4,7,15H2,1-3H3/t13-/m1/s1. The fourth-order valence-corrected chi connectivity index (χ4v) is 2.06. The molecule has 0 heterocycles. The third kappa shape index (κ3) is 3.96. The van der Waals surface area contributed by atoms with Crippen molar-refractivity contribution in [2.24, 2.45) is 11.7 Å². The van der Waals surface area contributed by atoms with Gasteiger partial charge in [0.15, 0.2) is 0 Å². The highest BCUT2D eigenvalue weighted by molar-refractivity contribution is 9.10. The molecule has 0 amide bonds. The first-order valence-corrected chi connectivity index (χ1v) is 6.31. The van der Waals surface area contributed by atoms with Crippen molar-refractivity contribution in [2.75, 3.05) is 0 Å². The van der Waals surface area contributed by atoms with Gasteiger partial charge in [0.1, 0.15) is 0 Å². The van der Waals surface area contributed by atoms with Gasteiger partial charge in [0.2, 0.25) is 0 Å². The number of aryl methyl sites for hydroxylation is 1. The van der Waals surface area contributed by atoms with Gasteiger partial charge in [-0.3, -0.25) is 0 Å². The summed E-state index contributed by atoms with van der Waals surface area (Å²) in [5.74, 6) is 0.725. The van der Waals surface area contributed by atoms with Crippen molar-refractivity contribution < 1.29 is 0 Å².